The Kier molecular flexibility index (Phi) is 8.06. The van der Waals surface area contributed by atoms with Crippen molar-refractivity contribution in [3.8, 4) is 34.3 Å². The molecule has 5 rings (SSSR count). The zero-order chi connectivity index (χ0) is 29.6. The van der Waals surface area contributed by atoms with Crippen LogP contribution in [0, 0.1) is 0 Å². The summed E-state index contributed by atoms with van der Waals surface area (Å²) in [6, 6.07) is 7.30. The van der Waals surface area contributed by atoms with E-state index < -0.39 is 96.6 Å². The fourth-order valence-corrected chi connectivity index (χ4v) is 4.64. The summed E-state index contributed by atoms with van der Waals surface area (Å²) in [5.74, 6) is -2.02. The van der Waals surface area contributed by atoms with Gasteiger partial charge in [0.05, 0.1) is 13.2 Å². The Morgan fingerprint density at radius 1 is 0.854 bits per heavy atom. The summed E-state index contributed by atoms with van der Waals surface area (Å²) in [7, 11) is 0. The van der Waals surface area contributed by atoms with Gasteiger partial charge in [0.15, 0.2) is 18.2 Å². The molecule has 222 valence electrons. The van der Waals surface area contributed by atoms with E-state index >= 15 is 0 Å². The fourth-order valence-electron chi connectivity index (χ4n) is 4.64. The number of benzene rings is 2. The van der Waals surface area contributed by atoms with Crippen LogP contribution < -0.4 is 10.2 Å². The molecule has 9 N–H and O–H groups in total. The molecule has 0 spiro atoms. The smallest absolute Gasteiger partial charge is 0.239 e. The molecule has 0 radical (unpaired) electrons. The van der Waals surface area contributed by atoms with Gasteiger partial charge in [-0.25, -0.2) is 0 Å². The van der Waals surface area contributed by atoms with Crippen LogP contribution in [0.2, 0.25) is 0 Å². The topological polar surface area (TPSA) is 249 Å². The number of aromatic hydroxyl groups is 3. The monoisotopic (exact) mass is 580 g/mol. The molecule has 2 saturated heterocycles. The van der Waals surface area contributed by atoms with Crippen LogP contribution in [0.4, 0.5) is 0 Å². The molecule has 0 aliphatic carbocycles. The highest BCUT2D eigenvalue weighted by Gasteiger charge is 2.50. The Labute approximate surface area is 230 Å². The summed E-state index contributed by atoms with van der Waals surface area (Å²) >= 11 is 0. The lowest BCUT2D eigenvalue weighted by atomic mass is 9.98. The summed E-state index contributed by atoms with van der Waals surface area (Å²) in [6.07, 6.45) is -15.1. The van der Waals surface area contributed by atoms with Crippen LogP contribution in [-0.2, 0) is 14.2 Å². The molecule has 2 fully saturated rings. The molecule has 1 aromatic heterocycles. The molecule has 0 unspecified atom stereocenters. The van der Waals surface area contributed by atoms with Crippen molar-refractivity contribution in [3.05, 3.63) is 46.6 Å². The standard InChI is InChI=1S/C26H28O15/c27-7-15-18(33)20(35)24(41-25-21(36)17(32)13(31)8-37-25)26(39-15)40-23-19(34)16-12(30)5-11(29)6-14(16)38-22(23)9-1-3-10(28)4-2-9/h1-6,13,15,17-18,20-21,24-33,35-36H,7-8H2/t13-,15-,17+,18-,20+,21-,24-,25+,26+/m0/s1. The summed E-state index contributed by atoms with van der Waals surface area (Å²) in [5, 5.41) is 90.8. The number of rotatable bonds is 6. The molecular weight excluding hydrogens is 552 g/mol. The maximum absolute atomic E-state index is 13.7. The summed E-state index contributed by atoms with van der Waals surface area (Å²) in [6.45, 7) is -1.25. The highest BCUT2D eigenvalue weighted by atomic mass is 16.8. The number of hydrogen-bond donors (Lipinski definition) is 9. The quantitative estimate of drug-likeness (QED) is 0.156. The number of aliphatic hydroxyl groups excluding tert-OH is 6. The Morgan fingerprint density at radius 2 is 1.56 bits per heavy atom. The molecule has 3 aromatic rings. The first-order chi connectivity index (χ1) is 19.5. The number of hydrogen-bond acceptors (Lipinski definition) is 15. The Bertz CT molecular complexity index is 1440. The lowest BCUT2D eigenvalue weighted by molar-refractivity contribution is -0.345. The van der Waals surface area contributed by atoms with Gasteiger partial charge in [-0.05, 0) is 24.3 Å². The molecule has 15 nitrogen and oxygen atoms in total. The maximum Gasteiger partial charge on any atom is 0.239 e. The van der Waals surface area contributed by atoms with Crippen LogP contribution in [0.15, 0.2) is 45.6 Å². The largest absolute Gasteiger partial charge is 0.508 e. The number of phenolic OH excluding ortho intramolecular Hbond substituents is 3. The van der Waals surface area contributed by atoms with E-state index in [1.807, 2.05) is 0 Å². The SMILES string of the molecule is O=c1c(O[C@H]2O[C@@H](CO)[C@H](O)[C@@H](O)[C@@H]2O[C@H]2OC[C@H](O)[C@@H](O)[C@@H]2O)c(-c2ccc(O)cc2)oc2cc(O)cc(O)c12. The van der Waals surface area contributed by atoms with E-state index in [1.165, 1.54) is 24.3 Å². The van der Waals surface area contributed by atoms with Gasteiger partial charge in [-0.3, -0.25) is 4.79 Å². The van der Waals surface area contributed by atoms with Crippen molar-refractivity contribution in [2.75, 3.05) is 13.2 Å². The molecule has 2 aromatic carbocycles. The van der Waals surface area contributed by atoms with Gasteiger partial charge >= 0.3 is 0 Å². The van der Waals surface area contributed by atoms with Gasteiger partial charge in [-0.15, -0.1) is 0 Å². The minimum absolute atomic E-state index is 0.111. The van der Waals surface area contributed by atoms with Gasteiger partial charge < -0.3 is 69.3 Å². The molecule has 15 heteroatoms. The zero-order valence-corrected chi connectivity index (χ0v) is 21.0. The van der Waals surface area contributed by atoms with Crippen molar-refractivity contribution in [1.82, 2.24) is 0 Å². The third-order valence-corrected chi connectivity index (χ3v) is 6.85. The van der Waals surface area contributed by atoms with Crippen LogP contribution in [0.5, 0.6) is 23.0 Å². The van der Waals surface area contributed by atoms with Crippen molar-refractivity contribution in [1.29, 1.82) is 0 Å². The fraction of sp³-hybridized carbons (Fsp3) is 0.423. The van der Waals surface area contributed by atoms with E-state index in [2.05, 4.69) is 0 Å². The molecule has 9 atom stereocenters. The molecule has 2 aliphatic rings. The molecule has 3 heterocycles. The summed E-state index contributed by atoms with van der Waals surface area (Å²) in [4.78, 5) is 13.7. The minimum Gasteiger partial charge on any atom is -0.508 e. The van der Waals surface area contributed by atoms with Gasteiger partial charge in [-0.1, -0.05) is 0 Å². The summed E-state index contributed by atoms with van der Waals surface area (Å²) in [5.41, 5.74) is -0.992. The van der Waals surface area contributed by atoms with Crippen LogP contribution in [0.1, 0.15) is 0 Å². The average Bonchev–Trinajstić information content (AvgIpc) is 2.93. The van der Waals surface area contributed by atoms with Gasteiger partial charge in [-0.2, -0.15) is 0 Å². The normalized spacial score (nSPS) is 32.2. The first-order valence-corrected chi connectivity index (χ1v) is 12.4. The van der Waals surface area contributed by atoms with Gasteiger partial charge in [0.25, 0.3) is 0 Å². The Morgan fingerprint density at radius 3 is 2.24 bits per heavy atom. The van der Waals surface area contributed by atoms with Crippen molar-refractivity contribution >= 4 is 11.0 Å². The third-order valence-electron chi connectivity index (χ3n) is 6.85. The van der Waals surface area contributed by atoms with Crippen molar-refractivity contribution < 1.29 is 69.3 Å². The van der Waals surface area contributed by atoms with E-state index in [4.69, 9.17) is 23.4 Å². The van der Waals surface area contributed by atoms with Crippen LogP contribution in [0.3, 0.4) is 0 Å². The number of phenols is 3. The summed E-state index contributed by atoms with van der Waals surface area (Å²) < 4.78 is 28.1. The van der Waals surface area contributed by atoms with Crippen molar-refractivity contribution in [2.45, 2.75) is 55.3 Å². The van der Waals surface area contributed by atoms with Crippen LogP contribution in [0.25, 0.3) is 22.3 Å². The van der Waals surface area contributed by atoms with Gasteiger partial charge in [0.1, 0.15) is 64.8 Å². The first kappa shape index (κ1) is 29.0. The van der Waals surface area contributed by atoms with Crippen molar-refractivity contribution in [2.24, 2.45) is 0 Å². The maximum atomic E-state index is 13.7. The number of aliphatic hydroxyl groups is 6. The molecule has 2 aliphatic heterocycles. The van der Waals surface area contributed by atoms with E-state index in [0.29, 0.717) is 0 Å². The second-order valence-electron chi connectivity index (χ2n) is 9.65. The molecule has 0 saturated carbocycles. The average molecular weight is 580 g/mol. The van der Waals surface area contributed by atoms with E-state index in [0.717, 1.165) is 12.1 Å². The highest BCUT2D eigenvalue weighted by molar-refractivity contribution is 5.88. The lowest BCUT2D eigenvalue weighted by Gasteiger charge is -2.44. The first-order valence-electron chi connectivity index (χ1n) is 12.4. The Hall–Kier alpha value is -3.51. The van der Waals surface area contributed by atoms with Crippen molar-refractivity contribution in [3.63, 3.8) is 0 Å². The van der Waals surface area contributed by atoms with Crippen LogP contribution >= 0.6 is 0 Å². The highest BCUT2D eigenvalue weighted by Crippen LogP contribution is 2.38. The minimum atomic E-state index is -1.86. The predicted octanol–water partition coefficient (Wildman–Crippen LogP) is -1.78. The zero-order valence-electron chi connectivity index (χ0n) is 21.0. The van der Waals surface area contributed by atoms with Crippen LogP contribution in [-0.4, -0.2) is 114 Å². The van der Waals surface area contributed by atoms with Gasteiger partial charge in [0.2, 0.25) is 17.5 Å². The number of fused-ring (bicyclic) bond motifs is 1. The van der Waals surface area contributed by atoms with E-state index in [9.17, 15) is 50.8 Å². The second kappa shape index (κ2) is 11.4. The number of ether oxygens (including phenoxy) is 4. The predicted molar refractivity (Wildman–Crippen MR) is 134 cm³/mol. The Balaban J connectivity index is 1.60. The van der Waals surface area contributed by atoms with E-state index in [1.54, 1.807) is 0 Å². The lowest BCUT2D eigenvalue weighted by Crippen LogP contribution is -2.64. The molecule has 0 bridgehead atoms. The molecule has 41 heavy (non-hydrogen) atoms. The third kappa shape index (κ3) is 5.42. The van der Waals surface area contributed by atoms with Gasteiger partial charge in [0, 0.05) is 17.7 Å². The second-order valence-corrected chi connectivity index (χ2v) is 9.65. The molecule has 0 amide bonds. The molecular formula is C26H28O15. The van der Waals surface area contributed by atoms with E-state index in [-0.39, 0.29) is 22.7 Å².